The van der Waals surface area contributed by atoms with Gasteiger partial charge in [-0.15, -0.1) is 24.7 Å². The van der Waals surface area contributed by atoms with E-state index < -0.39 is 6.09 Å². The molecule has 0 bridgehead atoms. The first-order valence-corrected chi connectivity index (χ1v) is 9.08. The van der Waals surface area contributed by atoms with Gasteiger partial charge >= 0.3 is 12.0 Å². The van der Waals surface area contributed by atoms with Gasteiger partial charge in [-0.05, 0) is 25.5 Å². The quantitative estimate of drug-likeness (QED) is 0.407. The van der Waals surface area contributed by atoms with Gasteiger partial charge in [0.25, 0.3) is 0 Å². The van der Waals surface area contributed by atoms with Crippen LogP contribution < -0.4 is 0 Å². The van der Waals surface area contributed by atoms with Crippen LogP contribution in [0.3, 0.4) is 0 Å². The number of nitrogens with zero attached hydrogens (tertiary/aromatic N) is 1. The lowest BCUT2D eigenvalue weighted by Gasteiger charge is -2.30. The van der Waals surface area contributed by atoms with Crippen molar-refractivity contribution >= 4 is 23.8 Å². The van der Waals surface area contributed by atoms with Crippen molar-refractivity contribution in [2.24, 2.45) is 0 Å². The highest BCUT2D eigenvalue weighted by Gasteiger charge is 2.55. The number of quaternary nitrogens is 1. The fourth-order valence-electron chi connectivity index (χ4n) is 2.95. The minimum Gasteiger partial charge on any atom is -0.420 e. The molecule has 0 spiro atoms. The number of rotatable bonds is 7. The lowest BCUT2D eigenvalue weighted by atomic mass is 10.2. The Morgan fingerprint density at radius 3 is 2.52 bits per heavy atom. The highest BCUT2D eigenvalue weighted by molar-refractivity contribution is 7.99. The maximum absolute atomic E-state index is 12.5. The van der Waals surface area contributed by atoms with Crippen LogP contribution >= 0.6 is 11.8 Å². The zero-order valence-corrected chi connectivity index (χ0v) is 14.9. The molecule has 1 aliphatic rings. The molecule has 0 saturated carbocycles. The number of amides is 2. The van der Waals surface area contributed by atoms with Crippen LogP contribution in [0, 0.1) is 24.7 Å². The molecule has 0 unspecified atom stereocenters. The topological polar surface area (TPSA) is 43.4 Å². The summed E-state index contributed by atoms with van der Waals surface area (Å²) < 4.78 is 5.13. The fourth-order valence-corrected chi connectivity index (χ4v) is 4.35. The Hall–Kier alpha value is -1.43. The average Bonchev–Trinajstić information content (AvgIpc) is 2.86. The minimum atomic E-state index is -0.436. The Morgan fingerprint density at radius 1 is 1.26 bits per heavy atom. The van der Waals surface area contributed by atoms with Crippen molar-refractivity contribution in [3.63, 3.8) is 0 Å². The van der Waals surface area contributed by atoms with Crippen LogP contribution in [0.15, 0.2) is 0 Å². The zero-order chi connectivity index (χ0) is 17.3. The van der Waals surface area contributed by atoms with E-state index in [-0.39, 0.29) is 28.3 Å². The van der Waals surface area contributed by atoms with Gasteiger partial charge in [0, 0.05) is 19.3 Å². The highest BCUT2D eigenvalue weighted by Crippen LogP contribution is 2.35. The van der Waals surface area contributed by atoms with Crippen molar-refractivity contribution in [3.8, 4) is 24.7 Å². The zero-order valence-electron chi connectivity index (χ0n) is 14.0. The number of carbonyl (C=O) groups is 2. The van der Waals surface area contributed by atoms with E-state index >= 15 is 0 Å². The van der Waals surface area contributed by atoms with Crippen molar-refractivity contribution < 1.29 is 18.8 Å². The van der Waals surface area contributed by atoms with E-state index in [1.807, 2.05) is 6.92 Å². The molecule has 1 fully saturated rings. The van der Waals surface area contributed by atoms with Crippen LogP contribution in [0.5, 0.6) is 0 Å². The summed E-state index contributed by atoms with van der Waals surface area (Å²) in [5, 5.41) is 0.282. The number of ether oxygens (including phenoxy) is 1. The van der Waals surface area contributed by atoms with Crippen LogP contribution in [-0.4, -0.2) is 46.7 Å². The van der Waals surface area contributed by atoms with Gasteiger partial charge in [0.1, 0.15) is 12.6 Å². The SMILES string of the molecule is C#CCCCOC(=O)[N@+]1(C(C)=O)C[C@H](SCCCC#C)C[C@H]1C. The van der Waals surface area contributed by atoms with Gasteiger partial charge < -0.3 is 4.74 Å². The first-order valence-electron chi connectivity index (χ1n) is 8.03. The smallest absolute Gasteiger partial charge is 0.420 e. The van der Waals surface area contributed by atoms with Gasteiger partial charge in [-0.3, -0.25) is 0 Å². The second-order valence-electron chi connectivity index (χ2n) is 5.88. The number of hydrogen-bond donors (Lipinski definition) is 0. The predicted octanol–water partition coefficient (Wildman–Crippen LogP) is 3.21. The Kier molecular flexibility index (Phi) is 8.23. The van der Waals surface area contributed by atoms with E-state index in [9.17, 15) is 9.59 Å². The average molecular weight is 336 g/mol. The molecule has 4 nitrogen and oxygen atoms in total. The molecule has 0 aliphatic carbocycles. The predicted molar refractivity (Wildman–Crippen MR) is 93.6 cm³/mol. The lowest BCUT2D eigenvalue weighted by Crippen LogP contribution is -2.58. The van der Waals surface area contributed by atoms with E-state index in [2.05, 4.69) is 11.8 Å². The normalized spacial score (nSPS) is 26.3. The lowest BCUT2D eigenvalue weighted by molar-refractivity contribution is -0.791. The molecular weight excluding hydrogens is 310 g/mol. The number of hydrogen-bond acceptors (Lipinski definition) is 4. The van der Waals surface area contributed by atoms with Gasteiger partial charge in [-0.25, -0.2) is 4.79 Å². The maximum Gasteiger partial charge on any atom is 0.523 e. The third kappa shape index (κ3) is 5.03. The van der Waals surface area contributed by atoms with Gasteiger partial charge in [-0.1, -0.05) is 0 Å². The summed E-state index contributed by atoms with van der Waals surface area (Å²) in [7, 11) is 0. The molecule has 1 rings (SSSR count). The largest absolute Gasteiger partial charge is 0.523 e. The molecule has 0 radical (unpaired) electrons. The first-order chi connectivity index (χ1) is 11.0. The summed E-state index contributed by atoms with van der Waals surface area (Å²) in [6, 6.07) is -0.0576. The van der Waals surface area contributed by atoms with Gasteiger partial charge in [0.05, 0.1) is 18.8 Å². The Bertz CT molecular complexity index is 505. The number of likely N-dealkylation sites (tertiary alicyclic amines) is 1. The summed E-state index contributed by atoms with van der Waals surface area (Å²) >= 11 is 1.80. The van der Waals surface area contributed by atoms with Gasteiger partial charge in [0.2, 0.25) is 0 Å². The number of carbonyl (C=O) groups excluding carboxylic acids is 2. The van der Waals surface area contributed by atoms with Crippen LogP contribution in [0.25, 0.3) is 0 Å². The molecule has 0 aromatic rings. The second-order valence-corrected chi connectivity index (χ2v) is 7.29. The molecule has 126 valence electrons. The number of unbranched alkanes of at least 4 members (excludes halogenated alkanes) is 2. The molecule has 0 aromatic heterocycles. The van der Waals surface area contributed by atoms with Crippen LogP contribution in [0.4, 0.5) is 4.79 Å². The Balaban J connectivity index is 2.65. The van der Waals surface area contributed by atoms with E-state index in [4.69, 9.17) is 17.6 Å². The summed E-state index contributed by atoms with van der Waals surface area (Å²) in [5.41, 5.74) is 0. The second kappa shape index (κ2) is 9.65. The third-order valence-corrected chi connectivity index (χ3v) is 5.58. The number of thioether (sulfide) groups is 1. The van der Waals surface area contributed by atoms with Crippen molar-refractivity contribution in [2.75, 3.05) is 18.9 Å². The van der Waals surface area contributed by atoms with Crippen molar-refractivity contribution in [2.45, 2.75) is 57.2 Å². The summed E-state index contributed by atoms with van der Waals surface area (Å²) in [6.45, 7) is 4.20. The molecule has 23 heavy (non-hydrogen) atoms. The number of terminal acetylenes is 2. The molecular formula is C18H26NO3S+. The summed E-state index contributed by atoms with van der Waals surface area (Å²) in [4.78, 5) is 24.8. The molecule has 1 heterocycles. The van der Waals surface area contributed by atoms with Crippen molar-refractivity contribution in [1.82, 2.24) is 0 Å². The number of imide groups is 1. The molecule has 2 amide bonds. The fraction of sp³-hybridized carbons (Fsp3) is 0.667. The van der Waals surface area contributed by atoms with Crippen LogP contribution in [0.1, 0.15) is 46.0 Å². The highest BCUT2D eigenvalue weighted by atomic mass is 32.2. The molecule has 0 aromatic carbocycles. The van der Waals surface area contributed by atoms with E-state index in [0.29, 0.717) is 19.4 Å². The van der Waals surface area contributed by atoms with Crippen molar-refractivity contribution in [3.05, 3.63) is 0 Å². The van der Waals surface area contributed by atoms with Gasteiger partial charge in [-0.2, -0.15) is 21.0 Å². The van der Waals surface area contributed by atoms with E-state index in [0.717, 1.165) is 25.0 Å². The van der Waals surface area contributed by atoms with E-state index in [1.54, 1.807) is 11.8 Å². The Labute approximate surface area is 143 Å². The standard InChI is InChI=1S/C18H26NO3S/c1-5-7-9-11-22-18(21)19(16(4)20)14-17(13-15(19)3)23-12-10-8-6-2/h1-2,15,17H,7-14H2,3-4H3/q+1/t15-,17-,19-/m1/s1. The monoisotopic (exact) mass is 336 g/mol. The third-order valence-electron chi connectivity index (χ3n) is 4.25. The van der Waals surface area contributed by atoms with E-state index in [1.165, 1.54) is 6.92 Å². The first kappa shape index (κ1) is 19.6. The molecule has 1 aliphatic heterocycles. The summed E-state index contributed by atoms with van der Waals surface area (Å²) in [5.74, 6) is 5.95. The molecule has 3 atom stereocenters. The minimum absolute atomic E-state index is 0.0576. The van der Waals surface area contributed by atoms with Crippen LogP contribution in [0.2, 0.25) is 0 Å². The Morgan fingerprint density at radius 2 is 1.91 bits per heavy atom. The molecule has 0 N–H and O–H groups in total. The summed E-state index contributed by atoms with van der Waals surface area (Å²) in [6.07, 6.45) is 13.8. The van der Waals surface area contributed by atoms with Crippen molar-refractivity contribution in [1.29, 1.82) is 0 Å². The van der Waals surface area contributed by atoms with Crippen LogP contribution in [-0.2, 0) is 9.53 Å². The molecule has 5 heteroatoms. The molecule has 1 saturated heterocycles. The maximum atomic E-state index is 12.5. The van der Waals surface area contributed by atoms with Gasteiger partial charge in [0.15, 0.2) is 0 Å².